The molecule has 1 saturated heterocycles. The van der Waals surface area contributed by atoms with E-state index in [0.29, 0.717) is 25.0 Å². The Morgan fingerprint density at radius 3 is 2.69 bits per heavy atom. The molecule has 5 nitrogen and oxygen atoms in total. The summed E-state index contributed by atoms with van der Waals surface area (Å²) in [5, 5.41) is 0. The van der Waals surface area contributed by atoms with Crippen LogP contribution in [0.15, 0.2) is 42.6 Å². The van der Waals surface area contributed by atoms with E-state index in [-0.39, 0.29) is 11.8 Å². The van der Waals surface area contributed by atoms with Crippen LogP contribution in [0.3, 0.4) is 0 Å². The standard InChI is InChI=1S/C24H35N3O2/c1-18(2)24(28)27(12-13-29-4)15-20-14-26(16-21-9-7-11-25-21)17-23(20)22-10-6-5-8-19(22)3/h5-11,18,20,23,25H,12-17H2,1-4H3. The highest BCUT2D eigenvalue weighted by Gasteiger charge is 2.36. The predicted molar refractivity (Wildman–Crippen MR) is 117 cm³/mol. The van der Waals surface area contributed by atoms with Gasteiger partial charge in [0.1, 0.15) is 0 Å². The number of amides is 1. The molecule has 2 unspecified atom stereocenters. The first-order chi connectivity index (χ1) is 14.0. The molecule has 2 heterocycles. The molecule has 1 aliphatic heterocycles. The zero-order valence-corrected chi connectivity index (χ0v) is 18.2. The molecule has 158 valence electrons. The first-order valence-corrected chi connectivity index (χ1v) is 10.7. The van der Waals surface area contributed by atoms with Gasteiger partial charge in [0.25, 0.3) is 0 Å². The summed E-state index contributed by atoms with van der Waals surface area (Å²) in [6.45, 7) is 11.1. The number of carbonyl (C=O) groups excluding carboxylic acids is 1. The SMILES string of the molecule is COCCN(CC1CN(Cc2ccc[nH]2)CC1c1ccccc1C)C(=O)C(C)C. The lowest BCUT2D eigenvalue weighted by molar-refractivity contribution is -0.135. The summed E-state index contributed by atoms with van der Waals surface area (Å²) < 4.78 is 5.28. The Balaban J connectivity index is 1.81. The summed E-state index contributed by atoms with van der Waals surface area (Å²) in [5.41, 5.74) is 3.99. The van der Waals surface area contributed by atoms with E-state index in [9.17, 15) is 4.79 Å². The number of hydrogen-bond acceptors (Lipinski definition) is 3. The molecule has 0 bridgehead atoms. The number of nitrogens with zero attached hydrogens (tertiary/aromatic N) is 2. The number of methoxy groups -OCH3 is 1. The van der Waals surface area contributed by atoms with Gasteiger partial charge in [0.2, 0.25) is 5.91 Å². The van der Waals surface area contributed by atoms with Gasteiger partial charge in [0.05, 0.1) is 6.61 Å². The molecule has 2 atom stereocenters. The number of hydrogen-bond donors (Lipinski definition) is 1. The number of nitrogens with one attached hydrogen (secondary N) is 1. The van der Waals surface area contributed by atoms with E-state index in [0.717, 1.165) is 26.2 Å². The van der Waals surface area contributed by atoms with E-state index >= 15 is 0 Å². The summed E-state index contributed by atoms with van der Waals surface area (Å²) in [6, 6.07) is 12.9. The van der Waals surface area contributed by atoms with Gasteiger partial charge in [-0.2, -0.15) is 0 Å². The van der Waals surface area contributed by atoms with Crippen LogP contribution in [0.4, 0.5) is 0 Å². The van der Waals surface area contributed by atoms with Crippen molar-refractivity contribution in [1.82, 2.24) is 14.8 Å². The quantitative estimate of drug-likeness (QED) is 0.702. The van der Waals surface area contributed by atoms with Crippen molar-refractivity contribution < 1.29 is 9.53 Å². The van der Waals surface area contributed by atoms with Crippen LogP contribution in [-0.4, -0.2) is 60.6 Å². The molecule has 1 aromatic carbocycles. The summed E-state index contributed by atoms with van der Waals surface area (Å²) in [5.74, 6) is 1.05. The van der Waals surface area contributed by atoms with E-state index < -0.39 is 0 Å². The van der Waals surface area contributed by atoms with Crippen LogP contribution in [0, 0.1) is 18.8 Å². The number of ether oxygens (including phenoxy) is 1. The molecule has 1 N–H and O–H groups in total. The lowest BCUT2D eigenvalue weighted by Crippen LogP contribution is -2.41. The molecule has 5 heteroatoms. The average molecular weight is 398 g/mol. The second kappa shape index (κ2) is 10.1. The van der Waals surface area contributed by atoms with Gasteiger partial charge in [-0.05, 0) is 36.1 Å². The monoisotopic (exact) mass is 397 g/mol. The Bertz CT molecular complexity index is 772. The lowest BCUT2D eigenvalue weighted by atomic mass is 9.86. The van der Waals surface area contributed by atoms with Crippen molar-refractivity contribution in [2.24, 2.45) is 11.8 Å². The van der Waals surface area contributed by atoms with E-state index in [1.807, 2.05) is 24.9 Å². The van der Waals surface area contributed by atoms with Gasteiger partial charge < -0.3 is 14.6 Å². The van der Waals surface area contributed by atoms with Crippen molar-refractivity contribution in [1.29, 1.82) is 0 Å². The third-order valence-electron chi connectivity index (χ3n) is 5.99. The molecule has 1 aromatic heterocycles. The minimum absolute atomic E-state index is 0.000178. The zero-order valence-electron chi connectivity index (χ0n) is 18.2. The van der Waals surface area contributed by atoms with E-state index in [4.69, 9.17) is 4.74 Å². The topological polar surface area (TPSA) is 48.6 Å². The van der Waals surface area contributed by atoms with E-state index in [1.54, 1.807) is 7.11 Å². The molecule has 3 rings (SSSR count). The maximum absolute atomic E-state index is 12.8. The first kappa shape index (κ1) is 21.6. The molecular weight excluding hydrogens is 362 g/mol. The Labute approximate surface area is 175 Å². The maximum Gasteiger partial charge on any atom is 0.225 e. The second-order valence-electron chi connectivity index (χ2n) is 8.54. The summed E-state index contributed by atoms with van der Waals surface area (Å²) in [6.07, 6.45) is 1.98. The minimum atomic E-state index is 0.000178. The Kier molecular flexibility index (Phi) is 7.51. The van der Waals surface area contributed by atoms with E-state index in [1.165, 1.54) is 16.8 Å². The molecule has 2 aromatic rings. The Hall–Kier alpha value is -2.11. The van der Waals surface area contributed by atoms with Crippen LogP contribution in [0.5, 0.6) is 0 Å². The fourth-order valence-electron chi connectivity index (χ4n) is 4.48. The number of likely N-dealkylation sites (tertiary alicyclic amines) is 1. The van der Waals surface area contributed by atoms with Gasteiger partial charge in [-0.3, -0.25) is 9.69 Å². The average Bonchev–Trinajstić information content (AvgIpc) is 3.35. The van der Waals surface area contributed by atoms with Crippen molar-refractivity contribution in [3.05, 3.63) is 59.4 Å². The van der Waals surface area contributed by atoms with E-state index in [2.05, 4.69) is 53.2 Å². The number of rotatable bonds is 9. The number of carbonyl (C=O) groups is 1. The number of aromatic nitrogens is 1. The second-order valence-corrected chi connectivity index (χ2v) is 8.54. The van der Waals surface area contributed by atoms with Crippen LogP contribution >= 0.6 is 0 Å². The van der Waals surface area contributed by atoms with Crippen molar-refractivity contribution in [3.8, 4) is 0 Å². The van der Waals surface area contributed by atoms with Crippen molar-refractivity contribution in [2.75, 3.05) is 39.9 Å². The maximum atomic E-state index is 12.8. The van der Waals surface area contributed by atoms with Crippen molar-refractivity contribution in [3.63, 3.8) is 0 Å². The summed E-state index contributed by atoms with van der Waals surface area (Å²) in [7, 11) is 1.70. The van der Waals surface area contributed by atoms with Gasteiger partial charge in [-0.25, -0.2) is 0 Å². The highest BCUT2D eigenvalue weighted by Crippen LogP contribution is 2.35. The third kappa shape index (κ3) is 5.49. The molecule has 1 aliphatic rings. The predicted octanol–water partition coefficient (Wildman–Crippen LogP) is 3.67. The normalized spacial score (nSPS) is 19.8. The molecule has 29 heavy (non-hydrogen) atoms. The first-order valence-electron chi connectivity index (χ1n) is 10.7. The minimum Gasteiger partial charge on any atom is -0.383 e. The van der Waals surface area contributed by atoms with Crippen LogP contribution in [0.25, 0.3) is 0 Å². The van der Waals surface area contributed by atoms with Gasteiger partial charge in [-0.1, -0.05) is 38.1 Å². The van der Waals surface area contributed by atoms with Gasteiger partial charge in [-0.15, -0.1) is 0 Å². The van der Waals surface area contributed by atoms with Gasteiger partial charge in [0, 0.05) is 63.6 Å². The van der Waals surface area contributed by atoms with Crippen molar-refractivity contribution >= 4 is 5.91 Å². The van der Waals surface area contributed by atoms with Crippen LogP contribution < -0.4 is 0 Å². The fraction of sp³-hybridized carbons (Fsp3) is 0.542. The van der Waals surface area contributed by atoms with Gasteiger partial charge >= 0.3 is 0 Å². The molecule has 1 amide bonds. The van der Waals surface area contributed by atoms with Crippen LogP contribution in [0.1, 0.15) is 36.6 Å². The molecule has 1 fully saturated rings. The Morgan fingerprint density at radius 1 is 1.24 bits per heavy atom. The number of aromatic amines is 1. The lowest BCUT2D eigenvalue weighted by Gasteiger charge is -2.30. The highest BCUT2D eigenvalue weighted by atomic mass is 16.5. The molecule has 0 saturated carbocycles. The highest BCUT2D eigenvalue weighted by molar-refractivity contribution is 5.78. The third-order valence-corrected chi connectivity index (χ3v) is 5.99. The van der Waals surface area contributed by atoms with Gasteiger partial charge in [0.15, 0.2) is 0 Å². The zero-order chi connectivity index (χ0) is 20.8. The smallest absolute Gasteiger partial charge is 0.225 e. The molecular formula is C24H35N3O2. The fourth-order valence-corrected chi connectivity index (χ4v) is 4.48. The number of aryl methyl sites for hydroxylation is 1. The van der Waals surface area contributed by atoms with Crippen LogP contribution in [0.2, 0.25) is 0 Å². The number of benzene rings is 1. The molecule has 0 aliphatic carbocycles. The largest absolute Gasteiger partial charge is 0.383 e. The van der Waals surface area contributed by atoms with Crippen LogP contribution in [-0.2, 0) is 16.1 Å². The molecule has 0 spiro atoms. The number of H-pyrrole nitrogens is 1. The molecule has 0 radical (unpaired) electrons. The summed E-state index contributed by atoms with van der Waals surface area (Å²) >= 11 is 0. The Morgan fingerprint density at radius 2 is 2.03 bits per heavy atom. The summed E-state index contributed by atoms with van der Waals surface area (Å²) in [4.78, 5) is 20.7. The van der Waals surface area contributed by atoms with Crippen molar-refractivity contribution in [2.45, 2.75) is 33.2 Å².